The lowest BCUT2D eigenvalue weighted by molar-refractivity contribution is 0.0482. The molecule has 0 radical (unpaired) electrons. The van der Waals surface area contributed by atoms with E-state index >= 15 is 0 Å². The highest BCUT2D eigenvalue weighted by atomic mass is 19.1. The van der Waals surface area contributed by atoms with E-state index in [1.807, 2.05) is 0 Å². The van der Waals surface area contributed by atoms with Gasteiger partial charge < -0.3 is 15.6 Å². The van der Waals surface area contributed by atoms with Crippen molar-refractivity contribution >= 4 is 11.7 Å². The molecule has 4 nitrogen and oxygen atoms in total. The molecular formula is C9H10FNO3. The molecule has 0 aliphatic rings. The van der Waals surface area contributed by atoms with Gasteiger partial charge in [0.05, 0.1) is 11.3 Å². The van der Waals surface area contributed by atoms with Crippen molar-refractivity contribution in [3.63, 3.8) is 0 Å². The van der Waals surface area contributed by atoms with E-state index in [4.69, 9.17) is 10.8 Å². The quantitative estimate of drug-likeness (QED) is 0.434. The Morgan fingerprint density at radius 1 is 1.57 bits per heavy atom. The largest absolute Gasteiger partial charge is 0.506 e. The zero-order valence-electron chi connectivity index (χ0n) is 7.37. The number of para-hydroxylation sites is 1. The van der Waals surface area contributed by atoms with Crippen LogP contribution in [0.15, 0.2) is 18.2 Å². The van der Waals surface area contributed by atoms with Crippen LogP contribution in [0, 0.1) is 0 Å². The Hall–Kier alpha value is -1.78. The predicted octanol–water partition coefficient (Wildman–Crippen LogP) is 1.10. The molecule has 0 aliphatic carbocycles. The number of halogens is 1. The molecule has 0 fully saturated rings. The first-order chi connectivity index (χ1) is 6.66. The molecule has 1 rings (SSSR count). The lowest BCUT2D eigenvalue weighted by Gasteiger charge is -2.06. The van der Waals surface area contributed by atoms with Gasteiger partial charge in [0.15, 0.2) is 0 Å². The average Bonchev–Trinajstić information content (AvgIpc) is 2.18. The van der Waals surface area contributed by atoms with E-state index in [1.165, 1.54) is 18.2 Å². The third kappa shape index (κ3) is 2.12. The highest BCUT2D eigenvalue weighted by Crippen LogP contribution is 2.23. The van der Waals surface area contributed by atoms with E-state index in [0.717, 1.165) is 0 Å². The fourth-order valence-electron chi connectivity index (χ4n) is 0.940. The highest BCUT2D eigenvalue weighted by Gasteiger charge is 2.12. The molecule has 14 heavy (non-hydrogen) atoms. The number of anilines is 1. The van der Waals surface area contributed by atoms with Gasteiger partial charge in [0.1, 0.15) is 19.0 Å². The molecule has 0 atom stereocenters. The summed E-state index contributed by atoms with van der Waals surface area (Å²) in [6.07, 6.45) is 0. The minimum Gasteiger partial charge on any atom is -0.506 e. The Morgan fingerprint density at radius 2 is 2.29 bits per heavy atom. The first-order valence-electron chi connectivity index (χ1n) is 3.97. The van der Waals surface area contributed by atoms with Gasteiger partial charge in [-0.15, -0.1) is 0 Å². The van der Waals surface area contributed by atoms with Crippen LogP contribution in [0.3, 0.4) is 0 Å². The maximum Gasteiger partial charge on any atom is 0.340 e. The van der Waals surface area contributed by atoms with Crippen molar-refractivity contribution in [2.24, 2.45) is 0 Å². The maximum absolute atomic E-state index is 11.7. The smallest absolute Gasteiger partial charge is 0.340 e. The van der Waals surface area contributed by atoms with Gasteiger partial charge >= 0.3 is 5.97 Å². The number of carbonyl (C=O) groups is 1. The number of phenolic OH excluding ortho intramolecular Hbond substituents is 1. The van der Waals surface area contributed by atoms with E-state index in [2.05, 4.69) is 4.74 Å². The number of alkyl halides is 1. The molecular weight excluding hydrogens is 189 g/mol. The number of nitrogens with two attached hydrogens (primary N) is 1. The molecule has 0 unspecified atom stereocenters. The van der Waals surface area contributed by atoms with Crippen molar-refractivity contribution in [1.82, 2.24) is 0 Å². The van der Waals surface area contributed by atoms with Crippen LogP contribution in [0.25, 0.3) is 0 Å². The van der Waals surface area contributed by atoms with Gasteiger partial charge in [-0.05, 0) is 12.1 Å². The van der Waals surface area contributed by atoms with Crippen LogP contribution in [0.1, 0.15) is 10.4 Å². The number of carbonyl (C=O) groups excluding carboxylic acids is 1. The Kier molecular flexibility index (Phi) is 3.28. The SMILES string of the molecule is Nc1c(O)cccc1C(=O)OCCF. The van der Waals surface area contributed by atoms with Crippen LogP contribution >= 0.6 is 0 Å². The summed E-state index contributed by atoms with van der Waals surface area (Å²) in [5.74, 6) is -0.934. The number of nitrogen functional groups attached to an aromatic ring is 1. The minimum absolute atomic E-state index is 0.0402. The molecule has 0 aromatic heterocycles. The number of hydrogen-bond acceptors (Lipinski definition) is 4. The third-order valence-electron chi connectivity index (χ3n) is 1.61. The second-order valence-electron chi connectivity index (χ2n) is 2.56. The zero-order chi connectivity index (χ0) is 10.6. The number of benzene rings is 1. The molecule has 3 N–H and O–H groups in total. The number of aromatic hydroxyl groups is 1. The maximum atomic E-state index is 11.7. The first-order valence-corrected chi connectivity index (χ1v) is 3.97. The van der Waals surface area contributed by atoms with Gasteiger partial charge in [0.25, 0.3) is 0 Å². The summed E-state index contributed by atoms with van der Waals surface area (Å²) in [5, 5.41) is 9.17. The molecule has 1 aromatic rings. The number of esters is 1. The van der Waals surface area contributed by atoms with E-state index in [0.29, 0.717) is 0 Å². The van der Waals surface area contributed by atoms with Gasteiger partial charge in [-0.25, -0.2) is 9.18 Å². The van der Waals surface area contributed by atoms with Gasteiger partial charge in [-0.2, -0.15) is 0 Å². The normalized spacial score (nSPS) is 9.79. The summed E-state index contributed by atoms with van der Waals surface area (Å²) in [4.78, 5) is 11.2. The molecule has 0 heterocycles. The van der Waals surface area contributed by atoms with Crippen LogP contribution in [0.2, 0.25) is 0 Å². The van der Waals surface area contributed by atoms with E-state index in [9.17, 15) is 9.18 Å². The first kappa shape index (κ1) is 10.3. The summed E-state index contributed by atoms with van der Waals surface area (Å²) in [6, 6.07) is 4.20. The number of rotatable bonds is 3. The highest BCUT2D eigenvalue weighted by molar-refractivity contribution is 5.96. The topological polar surface area (TPSA) is 72.5 Å². The fourth-order valence-corrected chi connectivity index (χ4v) is 0.940. The van der Waals surface area contributed by atoms with Gasteiger partial charge in [0.2, 0.25) is 0 Å². The van der Waals surface area contributed by atoms with Crippen molar-refractivity contribution in [3.05, 3.63) is 23.8 Å². The number of phenols is 1. The van der Waals surface area contributed by atoms with Gasteiger partial charge in [-0.1, -0.05) is 6.07 Å². The van der Waals surface area contributed by atoms with Crippen LogP contribution in [0.5, 0.6) is 5.75 Å². The average molecular weight is 199 g/mol. The molecule has 0 amide bonds. The van der Waals surface area contributed by atoms with Gasteiger partial charge in [-0.3, -0.25) is 0 Å². The summed E-state index contributed by atoms with van der Waals surface area (Å²) >= 11 is 0. The predicted molar refractivity (Wildman–Crippen MR) is 48.8 cm³/mol. The van der Waals surface area contributed by atoms with E-state index < -0.39 is 12.6 Å². The molecule has 0 bridgehead atoms. The van der Waals surface area contributed by atoms with Crippen molar-refractivity contribution in [3.8, 4) is 5.75 Å². The van der Waals surface area contributed by atoms with Crippen molar-refractivity contribution in [1.29, 1.82) is 0 Å². The van der Waals surface area contributed by atoms with Crippen LogP contribution in [-0.2, 0) is 4.74 Å². The van der Waals surface area contributed by atoms with Crippen molar-refractivity contribution in [2.45, 2.75) is 0 Å². The summed E-state index contributed by atoms with van der Waals surface area (Å²) in [6.45, 7) is -1.06. The third-order valence-corrected chi connectivity index (χ3v) is 1.61. The molecule has 0 aliphatic heterocycles. The second-order valence-corrected chi connectivity index (χ2v) is 2.56. The zero-order valence-corrected chi connectivity index (χ0v) is 7.37. The molecule has 1 aromatic carbocycles. The lowest BCUT2D eigenvalue weighted by Crippen LogP contribution is -2.09. The number of hydrogen-bond donors (Lipinski definition) is 2. The van der Waals surface area contributed by atoms with Crippen LogP contribution in [0.4, 0.5) is 10.1 Å². The molecule has 76 valence electrons. The Morgan fingerprint density at radius 3 is 2.93 bits per heavy atom. The Bertz CT molecular complexity index is 341. The van der Waals surface area contributed by atoms with Crippen LogP contribution in [-0.4, -0.2) is 24.4 Å². The van der Waals surface area contributed by atoms with Crippen LogP contribution < -0.4 is 5.73 Å². The number of ether oxygens (including phenoxy) is 1. The standard InChI is InChI=1S/C9H10FNO3/c10-4-5-14-9(13)6-2-1-3-7(12)8(6)11/h1-3,12H,4-5,11H2. The monoisotopic (exact) mass is 199 g/mol. The van der Waals surface area contributed by atoms with E-state index in [-0.39, 0.29) is 23.6 Å². The summed E-state index contributed by atoms with van der Waals surface area (Å²) in [7, 11) is 0. The van der Waals surface area contributed by atoms with Gasteiger partial charge in [0, 0.05) is 0 Å². The molecule has 5 heteroatoms. The fraction of sp³-hybridized carbons (Fsp3) is 0.222. The second kappa shape index (κ2) is 4.45. The van der Waals surface area contributed by atoms with Crippen molar-refractivity contribution in [2.75, 3.05) is 19.0 Å². The Balaban J connectivity index is 2.84. The molecule has 0 saturated heterocycles. The van der Waals surface area contributed by atoms with Crippen molar-refractivity contribution < 1.29 is 19.0 Å². The summed E-state index contributed by atoms with van der Waals surface area (Å²) in [5.41, 5.74) is 5.39. The van der Waals surface area contributed by atoms with E-state index in [1.54, 1.807) is 0 Å². The molecule has 0 spiro atoms. The summed E-state index contributed by atoms with van der Waals surface area (Å²) < 4.78 is 16.2. The molecule has 0 saturated carbocycles. The lowest BCUT2D eigenvalue weighted by atomic mass is 10.1. The minimum atomic E-state index is -0.746. The Labute approximate surface area is 80.1 Å².